The number of urea groups is 1. The predicted molar refractivity (Wildman–Crippen MR) is 165 cm³/mol. The summed E-state index contributed by atoms with van der Waals surface area (Å²) in [4.78, 5) is 52.9. The van der Waals surface area contributed by atoms with Crippen molar-refractivity contribution in [2.24, 2.45) is 0 Å². The number of para-hydroxylation sites is 1. The van der Waals surface area contributed by atoms with Crippen LogP contribution in [0.5, 0.6) is 0 Å². The zero-order valence-electron chi connectivity index (χ0n) is 25.3. The van der Waals surface area contributed by atoms with Crippen LogP contribution in [0.3, 0.4) is 0 Å². The first-order valence-electron chi connectivity index (χ1n) is 14.8. The molecule has 3 aromatic rings. The van der Waals surface area contributed by atoms with E-state index in [1.807, 2.05) is 53.4 Å². The van der Waals surface area contributed by atoms with E-state index in [0.717, 1.165) is 40.8 Å². The van der Waals surface area contributed by atoms with E-state index in [1.54, 1.807) is 24.9 Å². The molecule has 2 atom stereocenters. The van der Waals surface area contributed by atoms with Gasteiger partial charge in [-0.05, 0) is 63.1 Å². The second kappa shape index (κ2) is 10.2. The van der Waals surface area contributed by atoms with Gasteiger partial charge in [-0.15, -0.1) is 0 Å². The van der Waals surface area contributed by atoms with Gasteiger partial charge in [0.15, 0.2) is 0 Å². The lowest BCUT2D eigenvalue weighted by molar-refractivity contribution is -0.123. The summed E-state index contributed by atoms with van der Waals surface area (Å²) in [5.74, 6) is -0.254. The largest absolute Gasteiger partial charge is 0.332 e. The third-order valence-corrected chi connectivity index (χ3v) is 9.00. The number of hydrogen-bond acceptors (Lipinski definition) is 6. The molecule has 3 aliphatic rings. The fourth-order valence-electron chi connectivity index (χ4n) is 6.88. The molecule has 42 heavy (non-hydrogen) atoms. The number of nitrogens with one attached hydrogen (secondary N) is 1. The first-order valence-corrected chi connectivity index (χ1v) is 14.8. The zero-order chi connectivity index (χ0) is 30.0. The van der Waals surface area contributed by atoms with Gasteiger partial charge in [-0.1, -0.05) is 38.1 Å². The van der Waals surface area contributed by atoms with E-state index >= 15 is 0 Å². The highest BCUT2D eigenvalue weighted by atomic mass is 16.2. The molecule has 9 heteroatoms. The minimum Gasteiger partial charge on any atom is -0.310 e. The van der Waals surface area contributed by atoms with Gasteiger partial charge in [0.05, 0.1) is 17.7 Å². The maximum Gasteiger partial charge on any atom is 0.332 e. The number of benzene rings is 2. The molecule has 0 radical (unpaired) electrons. The SMILES string of the molecule is CC1CN(CC(=O)N2CC(C)(C)c3ccc(N4C(=O)N(Cc5ccnc6ccccc56)C(C)(C)C4=O)cc32)CC(C)N1. The fraction of sp³-hybridized carbons (Fsp3) is 0.455. The van der Waals surface area contributed by atoms with Crippen LogP contribution in [0.2, 0.25) is 0 Å². The highest BCUT2D eigenvalue weighted by Gasteiger charge is 2.52. The molecule has 1 aromatic heterocycles. The van der Waals surface area contributed by atoms with Crippen molar-refractivity contribution in [3.05, 3.63) is 65.9 Å². The van der Waals surface area contributed by atoms with E-state index in [1.165, 1.54) is 4.90 Å². The number of fused-ring (bicyclic) bond motifs is 2. The molecule has 2 fully saturated rings. The van der Waals surface area contributed by atoms with Crippen LogP contribution in [-0.2, 0) is 21.5 Å². The predicted octanol–water partition coefficient (Wildman–Crippen LogP) is 4.29. The Morgan fingerprint density at radius 1 is 1.00 bits per heavy atom. The maximum absolute atomic E-state index is 14.0. The standard InChI is InChI=1S/C33H40N6O3/c1-21-16-36(17-22(2)35-21)19-29(40)37-20-32(3,4)26-12-11-24(15-28(26)37)39-30(41)33(5,6)38(31(39)42)18-23-13-14-34-27-10-8-7-9-25(23)27/h7-15,21-22,35H,16-20H2,1-6H3. The van der Waals surface area contributed by atoms with Crippen LogP contribution in [-0.4, -0.2) is 76.4 Å². The Kier molecular flexibility index (Phi) is 6.85. The van der Waals surface area contributed by atoms with Crippen LogP contribution in [0.15, 0.2) is 54.7 Å². The van der Waals surface area contributed by atoms with E-state index in [4.69, 9.17) is 0 Å². The van der Waals surface area contributed by atoms with Crippen LogP contribution in [0, 0.1) is 0 Å². The Morgan fingerprint density at radius 2 is 1.71 bits per heavy atom. The quantitative estimate of drug-likeness (QED) is 0.462. The van der Waals surface area contributed by atoms with Crippen molar-refractivity contribution in [2.75, 3.05) is 36.0 Å². The van der Waals surface area contributed by atoms with E-state index in [2.05, 4.69) is 42.9 Å². The number of aromatic nitrogens is 1. The van der Waals surface area contributed by atoms with Crippen molar-refractivity contribution in [2.45, 2.75) is 71.1 Å². The summed E-state index contributed by atoms with van der Waals surface area (Å²) >= 11 is 0. The number of carbonyl (C=O) groups is 3. The molecule has 2 aromatic carbocycles. The van der Waals surface area contributed by atoms with Gasteiger partial charge in [0.25, 0.3) is 5.91 Å². The molecule has 4 amide bonds. The van der Waals surface area contributed by atoms with Gasteiger partial charge in [0.2, 0.25) is 5.91 Å². The molecule has 3 aliphatic heterocycles. The molecule has 0 bridgehead atoms. The van der Waals surface area contributed by atoms with E-state index in [-0.39, 0.29) is 29.8 Å². The first kappa shape index (κ1) is 28.3. The van der Waals surface area contributed by atoms with E-state index < -0.39 is 5.54 Å². The van der Waals surface area contributed by atoms with Crippen molar-refractivity contribution < 1.29 is 14.4 Å². The number of rotatable bonds is 5. The Labute approximate surface area is 247 Å². The van der Waals surface area contributed by atoms with E-state index in [9.17, 15) is 14.4 Å². The van der Waals surface area contributed by atoms with Gasteiger partial charge in [0.1, 0.15) is 5.54 Å². The molecule has 0 spiro atoms. The highest BCUT2D eigenvalue weighted by Crippen LogP contribution is 2.44. The summed E-state index contributed by atoms with van der Waals surface area (Å²) in [6, 6.07) is 15.6. The molecule has 0 aliphatic carbocycles. The van der Waals surface area contributed by atoms with Gasteiger partial charge in [-0.25, -0.2) is 9.69 Å². The van der Waals surface area contributed by atoms with E-state index in [0.29, 0.717) is 30.9 Å². The van der Waals surface area contributed by atoms with Crippen molar-refractivity contribution >= 4 is 40.1 Å². The average molecular weight is 569 g/mol. The molecule has 220 valence electrons. The van der Waals surface area contributed by atoms with Crippen molar-refractivity contribution in [3.63, 3.8) is 0 Å². The van der Waals surface area contributed by atoms with Gasteiger partial charge in [0, 0.05) is 60.9 Å². The Bertz CT molecular complexity index is 1570. The van der Waals surface area contributed by atoms with Gasteiger partial charge >= 0.3 is 6.03 Å². The summed E-state index contributed by atoms with van der Waals surface area (Å²) in [5, 5.41) is 4.47. The molecular formula is C33H40N6O3. The summed E-state index contributed by atoms with van der Waals surface area (Å²) < 4.78 is 0. The number of anilines is 2. The number of hydrogen-bond donors (Lipinski definition) is 1. The smallest absolute Gasteiger partial charge is 0.310 e. The van der Waals surface area contributed by atoms with Gasteiger partial charge in [-0.3, -0.25) is 19.5 Å². The van der Waals surface area contributed by atoms with Crippen LogP contribution < -0.4 is 15.1 Å². The zero-order valence-corrected chi connectivity index (χ0v) is 25.3. The summed E-state index contributed by atoms with van der Waals surface area (Å²) in [7, 11) is 0. The van der Waals surface area contributed by atoms with Gasteiger partial charge < -0.3 is 15.1 Å². The number of carbonyl (C=O) groups excluding carboxylic acids is 3. The topological polar surface area (TPSA) is 89.1 Å². The summed E-state index contributed by atoms with van der Waals surface area (Å²) in [6.45, 7) is 14.9. The third-order valence-electron chi connectivity index (χ3n) is 9.00. The monoisotopic (exact) mass is 568 g/mol. The molecular weight excluding hydrogens is 528 g/mol. The Hall–Kier alpha value is -3.82. The average Bonchev–Trinajstić information content (AvgIpc) is 3.29. The number of piperazine rings is 1. The minimum atomic E-state index is -1.05. The molecule has 6 rings (SSSR count). The molecule has 2 unspecified atom stereocenters. The number of imide groups is 1. The molecule has 0 saturated carbocycles. The normalized spacial score (nSPS) is 23.6. The Balaban J connectivity index is 1.30. The van der Waals surface area contributed by atoms with Crippen molar-refractivity contribution in [3.8, 4) is 0 Å². The number of amides is 4. The van der Waals surface area contributed by atoms with Crippen LogP contribution >= 0.6 is 0 Å². The summed E-state index contributed by atoms with van der Waals surface area (Å²) in [6.07, 6.45) is 1.74. The molecule has 1 N–H and O–H groups in total. The van der Waals surface area contributed by atoms with Crippen LogP contribution in [0.4, 0.5) is 16.2 Å². The number of nitrogens with zero attached hydrogens (tertiary/aromatic N) is 5. The van der Waals surface area contributed by atoms with Gasteiger partial charge in [-0.2, -0.15) is 0 Å². The number of pyridine rings is 1. The van der Waals surface area contributed by atoms with Crippen LogP contribution in [0.1, 0.15) is 52.7 Å². The highest BCUT2D eigenvalue weighted by molar-refractivity contribution is 6.23. The van der Waals surface area contributed by atoms with Crippen LogP contribution in [0.25, 0.3) is 10.9 Å². The Morgan fingerprint density at radius 3 is 2.45 bits per heavy atom. The molecule has 4 heterocycles. The second-order valence-electron chi connectivity index (χ2n) is 13.3. The molecule has 2 saturated heterocycles. The maximum atomic E-state index is 14.0. The fourth-order valence-corrected chi connectivity index (χ4v) is 6.88. The lowest BCUT2D eigenvalue weighted by atomic mass is 9.87. The summed E-state index contributed by atoms with van der Waals surface area (Å²) in [5.41, 5.74) is 2.78. The van der Waals surface area contributed by atoms with Crippen molar-refractivity contribution in [1.82, 2.24) is 20.1 Å². The lowest BCUT2D eigenvalue weighted by Gasteiger charge is -2.36. The second-order valence-corrected chi connectivity index (χ2v) is 13.3. The van der Waals surface area contributed by atoms with Crippen molar-refractivity contribution in [1.29, 1.82) is 0 Å². The molecule has 9 nitrogen and oxygen atoms in total. The lowest BCUT2D eigenvalue weighted by Crippen LogP contribution is -2.56. The first-order chi connectivity index (χ1) is 19.9. The third kappa shape index (κ3) is 4.74. The minimum absolute atomic E-state index is 0.0332.